The number of hydrogen-bond donors (Lipinski definition) is 0. The molecule has 0 bridgehead atoms. The second-order valence-electron chi connectivity index (χ2n) is 4.31. The third-order valence-corrected chi connectivity index (χ3v) is 4.36. The Morgan fingerprint density at radius 3 is 2.57 bits per heavy atom. The summed E-state index contributed by atoms with van der Waals surface area (Å²) in [7, 11) is 4.55. The van der Waals surface area contributed by atoms with Gasteiger partial charge in [0.05, 0.1) is 26.0 Å². The van der Waals surface area contributed by atoms with Crippen molar-refractivity contribution in [1.82, 2.24) is 4.98 Å². The molecule has 0 saturated heterocycles. The fourth-order valence-corrected chi connectivity index (χ4v) is 3.46. The lowest BCUT2D eigenvalue weighted by molar-refractivity contribution is 0.0606. The van der Waals surface area contributed by atoms with Crippen LogP contribution in [0.25, 0.3) is 21.0 Å². The molecule has 0 amide bonds. The van der Waals surface area contributed by atoms with Gasteiger partial charge in [0, 0.05) is 17.0 Å². The van der Waals surface area contributed by atoms with E-state index in [2.05, 4.69) is 4.98 Å². The predicted octanol–water partition coefficient (Wildman–Crippen LogP) is 3.25. The van der Waals surface area contributed by atoms with Gasteiger partial charge in [-0.25, -0.2) is 4.79 Å². The molecular formula is C15H13NO4S. The largest absolute Gasteiger partial charge is 0.495 e. The maximum atomic E-state index is 11.8. The molecule has 2 aromatic heterocycles. The van der Waals surface area contributed by atoms with Gasteiger partial charge in [-0.05, 0) is 18.2 Å². The van der Waals surface area contributed by atoms with Gasteiger partial charge in [-0.1, -0.05) is 0 Å². The molecular weight excluding hydrogens is 290 g/mol. The van der Waals surface area contributed by atoms with Crippen molar-refractivity contribution in [1.29, 1.82) is 0 Å². The van der Waals surface area contributed by atoms with E-state index in [0.29, 0.717) is 21.9 Å². The molecule has 0 fully saturated rings. The molecule has 21 heavy (non-hydrogen) atoms. The van der Waals surface area contributed by atoms with Crippen molar-refractivity contribution in [2.75, 3.05) is 21.3 Å². The van der Waals surface area contributed by atoms with Gasteiger partial charge in [0.15, 0.2) is 5.75 Å². The van der Waals surface area contributed by atoms with E-state index < -0.39 is 0 Å². The average Bonchev–Trinajstić information content (AvgIpc) is 2.96. The maximum absolute atomic E-state index is 11.8. The SMILES string of the molecule is COC(=O)c1cc2c(OC)c3cccnc3c(OC)c2s1. The van der Waals surface area contributed by atoms with E-state index in [1.165, 1.54) is 18.4 Å². The number of fused-ring (bicyclic) bond motifs is 2. The van der Waals surface area contributed by atoms with Crippen molar-refractivity contribution in [2.45, 2.75) is 0 Å². The number of pyridine rings is 1. The average molecular weight is 303 g/mol. The third-order valence-electron chi connectivity index (χ3n) is 3.25. The van der Waals surface area contributed by atoms with Crippen LogP contribution in [-0.2, 0) is 4.74 Å². The van der Waals surface area contributed by atoms with Crippen molar-refractivity contribution in [3.8, 4) is 11.5 Å². The predicted molar refractivity (Wildman–Crippen MR) is 81.6 cm³/mol. The van der Waals surface area contributed by atoms with Crippen LogP contribution in [0.1, 0.15) is 9.67 Å². The van der Waals surface area contributed by atoms with Crippen molar-refractivity contribution in [2.24, 2.45) is 0 Å². The lowest BCUT2D eigenvalue weighted by Gasteiger charge is -2.10. The summed E-state index contributed by atoms with van der Waals surface area (Å²) in [5.74, 6) is 0.944. The number of esters is 1. The second kappa shape index (κ2) is 5.21. The minimum absolute atomic E-state index is 0.377. The number of ether oxygens (including phenoxy) is 3. The van der Waals surface area contributed by atoms with Gasteiger partial charge in [0.25, 0.3) is 0 Å². The van der Waals surface area contributed by atoms with E-state index in [-0.39, 0.29) is 5.97 Å². The lowest BCUT2D eigenvalue weighted by atomic mass is 10.1. The Balaban J connectivity index is 2.47. The molecule has 0 unspecified atom stereocenters. The van der Waals surface area contributed by atoms with E-state index in [9.17, 15) is 4.79 Å². The number of carbonyl (C=O) groups excluding carboxylic acids is 1. The Morgan fingerprint density at radius 2 is 1.90 bits per heavy atom. The van der Waals surface area contributed by atoms with Crippen molar-refractivity contribution in [3.05, 3.63) is 29.3 Å². The molecule has 6 heteroatoms. The summed E-state index contributed by atoms with van der Waals surface area (Å²) in [6.45, 7) is 0. The molecule has 2 heterocycles. The van der Waals surface area contributed by atoms with Crippen molar-refractivity contribution >= 4 is 38.3 Å². The van der Waals surface area contributed by atoms with Crippen LogP contribution in [0, 0.1) is 0 Å². The van der Waals surface area contributed by atoms with E-state index in [4.69, 9.17) is 14.2 Å². The Labute approximate surface area is 125 Å². The minimum atomic E-state index is -0.377. The molecule has 0 saturated carbocycles. The number of rotatable bonds is 3. The van der Waals surface area contributed by atoms with E-state index in [0.717, 1.165) is 15.5 Å². The first kappa shape index (κ1) is 13.6. The van der Waals surface area contributed by atoms with E-state index >= 15 is 0 Å². The van der Waals surface area contributed by atoms with Crippen LogP contribution in [0.3, 0.4) is 0 Å². The fraction of sp³-hybridized carbons (Fsp3) is 0.200. The van der Waals surface area contributed by atoms with Crippen molar-refractivity contribution in [3.63, 3.8) is 0 Å². The van der Waals surface area contributed by atoms with Crippen LogP contribution in [0.2, 0.25) is 0 Å². The number of nitrogens with zero attached hydrogens (tertiary/aromatic N) is 1. The smallest absolute Gasteiger partial charge is 0.348 e. The number of aromatic nitrogens is 1. The molecule has 5 nitrogen and oxygen atoms in total. The first-order valence-corrected chi connectivity index (χ1v) is 7.03. The number of carbonyl (C=O) groups is 1. The number of benzene rings is 1. The molecule has 0 aliphatic rings. The topological polar surface area (TPSA) is 57.7 Å². The molecule has 0 radical (unpaired) electrons. The van der Waals surface area contributed by atoms with Crippen molar-refractivity contribution < 1.29 is 19.0 Å². The van der Waals surface area contributed by atoms with Gasteiger partial charge in [-0.15, -0.1) is 11.3 Å². The van der Waals surface area contributed by atoms with Gasteiger partial charge in [-0.3, -0.25) is 4.98 Å². The summed E-state index contributed by atoms with van der Waals surface area (Å²) >= 11 is 1.31. The Morgan fingerprint density at radius 1 is 1.14 bits per heavy atom. The summed E-state index contributed by atoms with van der Waals surface area (Å²) in [4.78, 5) is 16.6. The van der Waals surface area contributed by atoms with Crippen LogP contribution in [0.5, 0.6) is 11.5 Å². The molecule has 3 rings (SSSR count). The van der Waals surface area contributed by atoms with Crippen LogP contribution in [0.15, 0.2) is 24.4 Å². The number of thiophene rings is 1. The minimum Gasteiger partial charge on any atom is -0.495 e. The summed E-state index contributed by atoms with van der Waals surface area (Å²) in [6.07, 6.45) is 1.70. The zero-order chi connectivity index (χ0) is 15.0. The number of methoxy groups -OCH3 is 3. The first-order valence-electron chi connectivity index (χ1n) is 6.21. The zero-order valence-electron chi connectivity index (χ0n) is 11.8. The highest BCUT2D eigenvalue weighted by Gasteiger charge is 2.21. The van der Waals surface area contributed by atoms with E-state index in [1.807, 2.05) is 12.1 Å². The summed E-state index contributed by atoms with van der Waals surface area (Å²) in [5, 5.41) is 1.67. The Kier molecular flexibility index (Phi) is 3.39. The van der Waals surface area contributed by atoms with Gasteiger partial charge in [0.2, 0.25) is 0 Å². The molecule has 108 valence electrons. The molecule has 0 N–H and O–H groups in total. The molecule has 3 aromatic rings. The van der Waals surface area contributed by atoms with Crippen LogP contribution in [0.4, 0.5) is 0 Å². The highest BCUT2D eigenvalue weighted by atomic mass is 32.1. The van der Waals surface area contributed by atoms with Crippen LogP contribution < -0.4 is 9.47 Å². The molecule has 0 aliphatic heterocycles. The number of hydrogen-bond acceptors (Lipinski definition) is 6. The lowest BCUT2D eigenvalue weighted by Crippen LogP contribution is -1.96. The molecule has 1 aromatic carbocycles. The van der Waals surface area contributed by atoms with E-state index in [1.54, 1.807) is 26.5 Å². The summed E-state index contributed by atoms with van der Waals surface area (Å²) < 4.78 is 16.6. The summed E-state index contributed by atoms with van der Waals surface area (Å²) in [6, 6.07) is 5.52. The highest BCUT2D eigenvalue weighted by molar-refractivity contribution is 7.21. The maximum Gasteiger partial charge on any atom is 0.348 e. The van der Waals surface area contributed by atoms with Gasteiger partial charge < -0.3 is 14.2 Å². The van der Waals surface area contributed by atoms with Gasteiger partial charge >= 0.3 is 5.97 Å². The molecule has 0 atom stereocenters. The summed E-state index contributed by atoms with van der Waals surface area (Å²) in [5.41, 5.74) is 0.711. The van der Waals surface area contributed by atoms with Crippen LogP contribution >= 0.6 is 11.3 Å². The Hall–Kier alpha value is -2.34. The highest BCUT2D eigenvalue weighted by Crippen LogP contribution is 2.45. The quantitative estimate of drug-likeness (QED) is 0.695. The molecule has 0 aliphatic carbocycles. The molecule has 0 spiro atoms. The van der Waals surface area contributed by atoms with Crippen LogP contribution in [-0.4, -0.2) is 32.3 Å². The van der Waals surface area contributed by atoms with Gasteiger partial charge in [-0.2, -0.15) is 0 Å². The first-order chi connectivity index (χ1) is 10.2. The normalized spacial score (nSPS) is 10.8. The third kappa shape index (κ3) is 1.99. The second-order valence-corrected chi connectivity index (χ2v) is 5.36. The fourth-order valence-electron chi connectivity index (χ4n) is 2.36. The standard InChI is InChI=1S/C15H13NO4S/c1-18-12-8-5-4-6-16-11(8)13(19-2)14-9(12)7-10(21-14)15(17)20-3/h4-7H,1-3H3. The Bertz CT molecular complexity index is 780. The van der Waals surface area contributed by atoms with Gasteiger partial charge in [0.1, 0.15) is 16.1 Å². The zero-order valence-corrected chi connectivity index (χ0v) is 12.6. The monoisotopic (exact) mass is 303 g/mol.